The van der Waals surface area contributed by atoms with Crippen LogP contribution in [0, 0.1) is 18.8 Å². The van der Waals surface area contributed by atoms with Crippen molar-refractivity contribution in [2.24, 2.45) is 11.8 Å². The molecule has 1 unspecified atom stereocenters. The Morgan fingerprint density at radius 3 is 1.78 bits per heavy atom. The topological polar surface area (TPSA) is 69.7 Å². The average Bonchev–Trinajstić information content (AvgIpc) is 2.97. The molecule has 0 saturated carbocycles. The van der Waals surface area contributed by atoms with E-state index in [1.807, 2.05) is 85.8 Å². The maximum atomic E-state index is 13.5. The molecule has 6 heteroatoms. The van der Waals surface area contributed by atoms with E-state index in [-0.39, 0.29) is 29.8 Å². The number of rotatable bonds is 14. The van der Waals surface area contributed by atoms with E-state index in [0.717, 1.165) is 23.1 Å². The zero-order chi connectivity index (χ0) is 29.1. The number of hydrogen-bond acceptors (Lipinski definition) is 5. The summed E-state index contributed by atoms with van der Waals surface area (Å²) in [7, 11) is -4.08. The summed E-state index contributed by atoms with van der Waals surface area (Å²) in [5.41, 5.74) is 4.03. The molecule has 0 saturated heterocycles. The molecule has 0 fully saturated rings. The first-order chi connectivity index (χ1) is 19.8. The Morgan fingerprint density at radius 1 is 0.707 bits per heavy atom. The molecule has 0 N–H and O–H groups in total. The lowest BCUT2D eigenvalue weighted by Gasteiger charge is -2.29. The van der Waals surface area contributed by atoms with Crippen molar-refractivity contribution in [1.82, 2.24) is 0 Å². The Morgan fingerprint density at radius 2 is 1.22 bits per heavy atom. The fourth-order valence-corrected chi connectivity index (χ4v) is 6.13. The molecule has 0 radical (unpaired) electrons. The van der Waals surface area contributed by atoms with Gasteiger partial charge in [0.15, 0.2) is 0 Å². The first kappa shape index (κ1) is 30.2. The van der Waals surface area contributed by atoms with E-state index in [2.05, 4.69) is 19.1 Å². The summed E-state index contributed by atoms with van der Waals surface area (Å²) in [6.45, 7) is 4.16. The lowest BCUT2D eigenvalue weighted by Crippen LogP contribution is -2.33. The van der Waals surface area contributed by atoms with Crippen LogP contribution in [-0.2, 0) is 43.3 Å². The minimum Gasteiger partial charge on any atom is -0.461 e. The highest BCUT2D eigenvalue weighted by molar-refractivity contribution is 7.86. The van der Waals surface area contributed by atoms with Crippen LogP contribution in [0.1, 0.15) is 42.0 Å². The average molecular weight is 571 g/mol. The Labute approximate surface area is 244 Å². The van der Waals surface area contributed by atoms with Gasteiger partial charge in [0.05, 0.1) is 17.4 Å². The summed E-state index contributed by atoms with van der Waals surface area (Å²) in [5.74, 6) is -0.694. The number of carbonyl (C=O) groups excluding carboxylic acids is 1. The van der Waals surface area contributed by atoms with E-state index in [9.17, 15) is 13.2 Å². The van der Waals surface area contributed by atoms with Crippen molar-refractivity contribution in [1.29, 1.82) is 0 Å². The van der Waals surface area contributed by atoms with Crippen molar-refractivity contribution >= 4 is 16.1 Å². The third kappa shape index (κ3) is 9.69. The van der Waals surface area contributed by atoms with Crippen LogP contribution in [0.4, 0.5) is 0 Å². The van der Waals surface area contributed by atoms with Crippen molar-refractivity contribution in [3.63, 3.8) is 0 Å². The van der Waals surface area contributed by atoms with Gasteiger partial charge in [0.25, 0.3) is 10.1 Å². The summed E-state index contributed by atoms with van der Waals surface area (Å²) in [6, 6.07) is 36.1. The number of hydrogen-bond donors (Lipinski definition) is 0. The zero-order valence-electron chi connectivity index (χ0n) is 23.7. The van der Waals surface area contributed by atoms with Crippen LogP contribution >= 0.6 is 0 Å². The van der Waals surface area contributed by atoms with E-state index in [4.69, 9.17) is 8.92 Å². The van der Waals surface area contributed by atoms with Crippen LogP contribution < -0.4 is 0 Å². The van der Waals surface area contributed by atoms with Gasteiger partial charge in [-0.3, -0.25) is 8.98 Å². The second-order valence-corrected chi connectivity index (χ2v) is 12.3. The van der Waals surface area contributed by atoms with Gasteiger partial charge in [-0.25, -0.2) is 0 Å². The maximum Gasteiger partial charge on any atom is 0.306 e. The highest BCUT2D eigenvalue weighted by Crippen LogP contribution is 2.29. The minimum absolute atomic E-state index is 0.0356. The number of benzene rings is 4. The van der Waals surface area contributed by atoms with Crippen LogP contribution in [0.3, 0.4) is 0 Å². The van der Waals surface area contributed by atoms with E-state index in [1.165, 1.54) is 5.56 Å². The summed E-state index contributed by atoms with van der Waals surface area (Å²) < 4.78 is 38.7. The number of esters is 1. The first-order valence-corrected chi connectivity index (χ1v) is 15.5. The molecule has 0 aliphatic carbocycles. The van der Waals surface area contributed by atoms with Crippen LogP contribution in [0.15, 0.2) is 120 Å². The SMILES string of the molecule is Cc1ccc(S(=O)(=O)OC(C[C@@H](C)Cc2ccccc2)[C@@H](CC(=O)OCc2ccccc2)Cc2ccccc2)cc1. The molecular formula is C35H38O5S. The lowest BCUT2D eigenvalue weighted by atomic mass is 9.85. The molecule has 0 amide bonds. The molecule has 0 heterocycles. The van der Waals surface area contributed by atoms with Crippen molar-refractivity contribution in [3.05, 3.63) is 138 Å². The molecule has 0 aromatic heterocycles. The zero-order valence-corrected chi connectivity index (χ0v) is 24.5. The molecular weight excluding hydrogens is 532 g/mol. The summed E-state index contributed by atoms with van der Waals surface area (Å²) in [4.78, 5) is 13.2. The van der Waals surface area contributed by atoms with Gasteiger partial charge in [0, 0.05) is 5.92 Å². The molecule has 4 rings (SSSR count). The second kappa shape index (κ2) is 14.8. The molecule has 4 aromatic carbocycles. The van der Waals surface area contributed by atoms with Crippen molar-refractivity contribution in [2.75, 3.05) is 0 Å². The van der Waals surface area contributed by atoms with Gasteiger partial charge in [-0.1, -0.05) is 116 Å². The van der Waals surface area contributed by atoms with Gasteiger partial charge in [0.2, 0.25) is 0 Å². The first-order valence-electron chi connectivity index (χ1n) is 14.1. The fraction of sp³-hybridized carbons (Fsp3) is 0.286. The molecule has 5 nitrogen and oxygen atoms in total. The highest BCUT2D eigenvalue weighted by Gasteiger charge is 2.32. The Kier molecular flexibility index (Phi) is 10.9. The number of carbonyl (C=O) groups is 1. The monoisotopic (exact) mass is 570 g/mol. The molecule has 0 aliphatic rings. The van der Waals surface area contributed by atoms with Gasteiger partial charge >= 0.3 is 5.97 Å². The molecule has 0 bridgehead atoms. The van der Waals surface area contributed by atoms with E-state index in [1.54, 1.807) is 24.3 Å². The van der Waals surface area contributed by atoms with Crippen molar-refractivity contribution in [3.8, 4) is 0 Å². The van der Waals surface area contributed by atoms with Gasteiger partial charge < -0.3 is 4.74 Å². The number of aryl methyl sites for hydroxylation is 1. The van der Waals surface area contributed by atoms with Gasteiger partial charge in [-0.2, -0.15) is 8.42 Å². The van der Waals surface area contributed by atoms with Crippen molar-refractivity contribution < 1.29 is 22.1 Å². The predicted octanol–water partition coefficient (Wildman–Crippen LogP) is 7.33. The van der Waals surface area contributed by atoms with E-state index < -0.39 is 22.1 Å². The number of ether oxygens (including phenoxy) is 1. The molecule has 214 valence electrons. The van der Waals surface area contributed by atoms with Gasteiger partial charge in [0.1, 0.15) is 6.61 Å². The van der Waals surface area contributed by atoms with Crippen molar-refractivity contribution in [2.45, 2.75) is 57.1 Å². The summed E-state index contributed by atoms with van der Waals surface area (Å²) in [5, 5.41) is 0. The third-order valence-corrected chi connectivity index (χ3v) is 8.51. The Bertz CT molecular complexity index is 1450. The Balaban J connectivity index is 1.60. The van der Waals surface area contributed by atoms with E-state index >= 15 is 0 Å². The molecule has 0 aliphatic heterocycles. The van der Waals surface area contributed by atoms with Crippen LogP contribution in [0.25, 0.3) is 0 Å². The maximum absolute atomic E-state index is 13.5. The Hall–Kier alpha value is -3.74. The standard InChI is InChI=1S/C35H38O5S/c1-27-18-20-33(21-19-27)41(37,38)40-34(23-28(2)22-29-12-6-3-7-13-29)32(24-30-14-8-4-9-15-30)25-35(36)39-26-31-16-10-5-11-17-31/h3-21,28,32,34H,22-26H2,1-2H3/t28-,32+,34?/m0/s1. The second-order valence-electron chi connectivity index (χ2n) is 10.7. The van der Waals surface area contributed by atoms with E-state index in [0.29, 0.717) is 12.8 Å². The lowest BCUT2D eigenvalue weighted by molar-refractivity contribution is -0.147. The summed E-state index contributed by atoms with van der Waals surface area (Å²) in [6.07, 6.45) is 1.01. The summed E-state index contributed by atoms with van der Waals surface area (Å²) >= 11 is 0. The highest BCUT2D eigenvalue weighted by atomic mass is 32.2. The molecule has 4 aromatic rings. The smallest absolute Gasteiger partial charge is 0.306 e. The molecule has 3 atom stereocenters. The van der Waals surface area contributed by atoms with Crippen LogP contribution in [0.2, 0.25) is 0 Å². The largest absolute Gasteiger partial charge is 0.461 e. The quantitative estimate of drug-likeness (QED) is 0.117. The normalized spacial score (nSPS) is 13.7. The molecule has 41 heavy (non-hydrogen) atoms. The molecule has 0 spiro atoms. The van der Waals surface area contributed by atoms with Gasteiger partial charge in [-0.05, 0) is 60.9 Å². The minimum atomic E-state index is -4.08. The third-order valence-electron chi connectivity index (χ3n) is 7.16. The van der Waals surface area contributed by atoms with Gasteiger partial charge in [-0.15, -0.1) is 0 Å². The predicted molar refractivity (Wildman–Crippen MR) is 162 cm³/mol. The van der Waals surface area contributed by atoms with Crippen LogP contribution in [-0.4, -0.2) is 20.5 Å². The van der Waals surface area contributed by atoms with Crippen LogP contribution in [0.5, 0.6) is 0 Å². The fourth-order valence-electron chi connectivity index (χ4n) is 4.99.